The van der Waals surface area contributed by atoms with Gasteiger partial charge < -0.3 is 4.90 Å². The summed E-state index contributed by atoms with van der Waals surface area (Å²) in [4.78, 5) is 2.37. The molecule has 0 aromatic carbocycles. The maximum absolute atomic E-state index is 2.37. The Morgan fingerprint density at radius 1 is 0.846 bits per heavy atom. The topological polar surface area (TPSA) is 3.24 Å². The Balaban J connectivity index is -0.000000218. The third-order valence-electron chi connectivity index (χ3n) is 1.53. The van der Waals surface area contributed by atoms with Crippen molar-refractivity contribution in [2.24, 2.45) is 5.92 Å². The third-order valence-corrected chi connectivity index (χ3v) is 1.53. The highest BCUT2D eigenvalue weighted by atomic mass is 15.1. The van der Waals surface area contributed by atoms with Crippen LogP contribution in [0.2, 0.25) is 0 Å². The molecule has 0 aromatic heterocycles. The van der Waals surface area contributed by atoms with Crippen molar-refractivity contribution >= 4 is 0 Å². The molecule has 0 radical (unpaired) electrons. The Bertz CT molecular complexity index is 67.5. The van der Waals surface area contributed by atoms with E-state index in [9.17, 15) is 0 Å². The quantitative estimate of drug-likeness (QED) is 0.648. The van der Waals surface area contributed by atoms with Gasteiger partial charge in [0.05, 0.1) is 0 Å². The molecule has 0 heterocycles. The van der Waals surface area contributed by atoms with E-state index in [1.165, 1.54) is 6.54 Å². The van der Waals surface area contributed by atoms with E-state index in [1.807, 2.05) is 27.7 Å². The molecule has 1 nitrogen and oxygen atoms in total. The second-order valence-electron chi connectivity index (χ2n) is 3.43. The fourth-order valence-electron chi connectivity index (χ4n) is 0.787. The molecule has 0 aliphatic rings. The Morgan fingerprint density at radius 3 is 1.23 bits per heavy atom. The highest BCUT2D eigenvalue weighted by Crippen LogP contribution is 1.99. The minimum Gasteiger partial charge on any atom is -0.304 e. The first kappa shape index (κ1) is 18.7. The summed E-state index contributed by atoms with van der Waals surface area (Å²) in [7, 11) is 2.17. The minimum absolute atomic E-state index is 0.687. The first-order chi connectivity index (χ1) is 6.04. The van der Waals surface area contributed by atoms with Gasteiger partial charge in [-0.05, 0) is 26.8 Å². The van der Waals surface area contributed by atoms with Crippen molar-refractivity contribution in [3.8, 4) is 0 Å². The lowest BCUT2D eigenvalue weighted by molar-refractivity contribution is 0.244. The van der Waals surface area contributed by atoms with Crippen molar-refractivity contribution in [1.82, 2.24) is 4.90 Å². The molecule has 0 amide bonds. The lowest BCUT2D eigenvalue weighted by atomic mass is 10.2. The summed E-state index contributed by atoms with van der Waals surface area (Å²) in [5.41, 5.74) is 0. The van der Waals surface area contributed by atoms with Gasteiger partial charge in [0.25, 0.3) is 0 Å². The standard InChI is InChI=1S/C8H19N.2C2H6/c1-7(2)6-9(5)8(3)4;2*1-2/h7-8H,6H2,1-5H3;2*1-2H3. The molecule has 0 spiro atoms. The van der Waals surface area contributed by atoms with Crippen LogP contribution in [0.1, 0.15) is 55.4 Å². The van der Waals surface area contributed by atoms with Crippen LogP contribution in [0.4, 0.5) is 0 Å². The van der Waals surface area contributed by atoms with Gasteiger partial charge in [0.1, 0.15) is 0 Å². The molecule has 0 fully saturated rings. The number of hydrogen-bond acceptors (Lipinski definition) is 1. The van der Waals surface area contributed by atoms with Crippen LogP contribution in [-0.4, -0.2) is 24.5 Å². The molecule has 0 aromatic rings. The predicted molar refractivity (Wildman–Crippen MR) is 65.3 cm³/mol. The zero-order chi connectivity index (χ0) is 11.4. The fourth-order valence-corrected chi connectivity index (χ4v) is 0.787. The average molecular weight is 189 g/mol. The Kier molecular flexibility index (Phi) is 20.8. The molecule has 0 rings (SSSR count). The highest BCUT2D eigenvalue weighted by Gasteiger charge is 2.03. The van der Waals surface area contributed by atoms with Gasteiger partial charge in [0.15, 0.2) is 0 Å². The first-order valence-corrected chi connectivity index (χ1v) is 5.74. The molecule has 0 atom stereocenters. The van der Waals surface area contributed by atoms with E-state index in [-0.39, 0.29) is 0 Å². The maximum Gasteiger partial charge on any atom is 0.00356 e. The molecule has 0 bridgehead atoms. The van der Waals surface area contributed by atoms with E-state index < -0.39 is 0 Å². The van der Waals surface area contributed by atoms with Crippen LogP contribution in [0.15, 0.2) is 0 Å². The second-order valence-corrected chi connectivity index (χ2v) is 3.43. The third kappa shape index (κ3) is 18.7. The summed E-state index contributed by atoms with van der Waals surface area (Å²) in [5, 5.41) is 0. The van der Waals surface area contributed by atoms with Crippen LogP contribution in [0, 0.1) is 5.92 Å². The van der Waals surface area contributed by atoms with Gasteiger partial charge in [0.2, 0.25) is 0 Å². The van der Waals surface area contributed by atoms with Crippen molar-refractivity contribution in [2.45, 2.75) is 61.4 Å². The molecule has 0 unspecified atom stereocenters. The van der Waals surface area contributed by atoms with Gasteiger partial charge in [-0.25, -0.2) is 0 Å². The normalized spacial score (nSPS) is 9.23. The zero-order valence-electron chi connectivity index (χ0n) is 11.3. The van der Waals surface area contributed by atoms with E-state index in [0.29, 0.717) is 6.04 Å². The molecule has 1 heteroatoms. The summed E-state index contributed by atoms with van der Waals surface area (Å²) in [6.45, 7) is 18.2. The van der Waals surface area contributed by atoms with Crippen molar-refractivity contribution in [1.29, 1.82) is 0 Å². The van der Waals surface area contributed by atoms with Crippen LogP contribution in [0.25, 0.3) is 0 Å². The van der Waals surface area contributed by atoms with Crippen LogP contribution in [0.3, 0.4) is 0 Å². The SMILES string of the molecule is CC.CC.CC(C)CN(C)C(C)C. The summed E-state index contributed by atoms with van der Waals surface area (Å²) in [6, 6.07) is 0.687. The molecular weight excluding hydrogens is 158 g/mol. The van der Waals surface area contributed by atoms with Gasteiger partial charge in [-0.15, -0.1) is 0 Å². The zero-order valence-corrected chi connectivity index (χ0v) is 11.3. The molecule has 13 heavy (non-hydrogen) atoms. The number of hydrogen-bond donors (Lipinski definition) is 0. The summed E-state index contributed by atoms with van der Waals surface area (Å²) >= 11 is 0. The molecule has 0 saturated heterocycles. The van der Waals surface area contributed by atoms with Gasteiger partial charge in [-0.3, -0.25) is 0 Å². The van der Waals surface area contributed by atoms with Crippen molar-refractivity contribution in [2.75, 3.05) is 13.6 Å². The lowest BCUT2D eigenvalue weighted by Gasteiger charge is -2.22. The summed E-state index contributed by atoms with van der Waals surface area (Å²) in [5.74, 6) is 0.789. The van der Waals surface area contributed by atoms with E-state index in [1.54, 1.807) is 0 Å². The number of nitrogens with zero attached hydrogens (tertiary/aromatic N) is 1. The van der Waals surface area contributed by atoms with Crippen LogP contribution in [-0.2, 0) is 0 Å². The van der Waals surface area contributed by atoms with Crippen LogP contribution < -0.4 is 0 Å². The maximum atomic E-state index is 2.37. The van der Waals surface area contributed by atoms with Crippen molar-refractivity contribution < 1.29 is 0 Å². The molecule has 84 valence electrons. The van der Waals surface area contributed by atoms with Gasteiger partial charge in [-0.2, -0.15) is 0 Å². The van der Waals surface area contributed by atoms with Gasteiger partial charge >= 0.3 is 0 Å². The molecule has 0 aliphatic carbocycles. The van der Waals surface area contributed by atoms with Crippen molar-refractivity contribution in [3.05, 3.63) is 0 Å². The van der Waals surface area contributed by atoms with E-state index >= 15 is 0 Å². The van der Waals surface area contributed by atoms with Gasteiger partial charge in [-0.1, -0.05) is 41.5 Å². The second kappa shape index (κ2) is 14.5. The Hall–Kier alpha value is -0.0400. The minimum atomic E-state index is 0.687. The monoisotopic (exact) mass is 189 g/mol. The predicted octanol–water partition coefficient (Wildman–Crippen LogP) is 4.04. The van der Waals surface area contributed by atoms with Crippen LogP contribution >= 0.6 is 0 Å². The van der Waals surface area contributed by atoms with E-state index in [2.05, 4.69) is 39.6 Å². The number of rotatable bonds is 3. The first-order valence-electron chi connectivity index (χ1n) is 5.74. The molecule has 0 saturated carbocycles. The van der Waals surface area contributed by atoms with Crippen molar-refractivity contribution in [3.63, 3.8) is 0 Å². The van der Waals surface area contributed by atoms with E-state index in [0.717, 1.165) is 5.92 Å². The average Bonchev–Trinajstić information content (AvgIpc) is 2.10. The Morgan fingerprint density at radius 2 is 1.15 bits per heavy atom. The molecular formula is C12H31N. The largest absolute Gasteiger partial charge is 0.304 e. The van der Waals surface area contributed by atoms with E-state index in [4.69, 9.17) is 0 Å². The molecule has 0 N–H and O–H groups in total. The van der Waals surface area contributed by atoms with Gasteiger partial charge in [0, 0.05) is 12.6 Å². The highest BCUT2D eigenvalue weighted by molar-refractivity contribution is 4.58. The smallest absolute Gasteiger partial charge is 0.00356 e. The summed E-state index contributed by atoms with van der Waals surface area (Å²) in [6.07, 6.45) is 0. The molecule has 0 aliphatic heterocycles. The van der Waals surface area contributed by atoms with Crippen LogP contribution in [0.5, 0.6) is 0 Å². The summed E-state index contributed by atoms with van der Waals surface area (Å²) < 4.78 is 0. The Labute approximate surface area is 86.5 Å². The lowest BCUT2D eigenvalue weighted by Crippen LogP contribution is -2.29. The fraction of sp³-hybridized carbons (Fsp3) is 1.00.